The van der Waals surface area contributed by atoms with Gasteiger partial charge in [0.05, 0.1) is 12.5 Å². The molecule has 0 saturated heterocycles. The van der Waals surface area contributed by atoms with Crippen LogP contribution in [-0.2, 0) is 16.6 Å². The average Bonchev–Trinajstić information content (AvgIpc) is 2.86. The first-order chi connectivity index (χ1) is 9.98. The second kappa shape index (κ2) is 5.01. The van der Waals surface area contributed by atoms with E-state index in [0.717, 1.165) is 22.4 Å². The Kier molecular flexibility index (Phi) is 3.30. The van der Waals surface area contributed by atoms with Crippen LogP contribution in [0.2, 0.25) is 0 Å². The minimum Gasteiger partial charge on any atom is -0.388 e. The number of rotatable bonds is 3. The van der Waals surface area contributed by atoms with Gasteiger partial charge in [0.25, 0.3) is 0 Å². The average molecular weight is 281 g/mol. The molecule has 3 heteroatoms. The third kappa shape index (κ3) is 2.45. The Labute approximate surface area is 124 Å². The Balaban J connectivity index is 1.94. The van der Waals surface area contributed by atoms with Gasteiger partial charge in [0, 0.05) is 11.1 Å². The number of aliphatic hydroxyl groups excluding tert-OH is 1. The van der Waals surface area contributed by atoms with E-state index >= 15 is 0 Å². The van der Waals surface area contributed by atoms with E-state index in [4.69, 9.17) is 0 Å². The maximum Gasteiger partial charge on any atom is 0.228 e. The molecule has 1 atom stereocenters. The first-order valence-electron chi connectivity index (χ1n) is 7.15. The monoisotopic (exact) mass is 281 g/mol. The highest BCUT2D eigenvalue weighted by Crippen LogP contribution is 2.38. The molecule has 3 nitrogen and oxygen atoms in total. The van der Waals surface area contributed by atoms with E-state index < -0.39 is 11.5 Å². The summed E-state index contributed by atoms with van der Waals surface area (Å²) in [5, 5.41) is 13.6. The second-order valence-corrected chi connectivity index (χ2v) is 6.13. The number of benzene rings is 2. The van der Waals surface area contributed by atoms with E-state index in [1.54, 1.807) is 0 Å². The predicted octanol–water partition coefficient (Wildman–Crippen LogP) is 3.19. The molecule has 21 heavy (non-hydrogen) atoms. The normalized spacial score (nSPS) is 15.5. The van der Waals surface area contributed by atoms with Crippen molar-refractivity contribution in [3.05, 3.63) is 65.2 Å². The number of amides is 1. The van der Waals surface area contributed by atoms with Crippen LogP contribution in [0.15, 0.2) is 48.5 Å². The lowest BCUT2D eigenvalue weighted by Crippen LogP contribution is -2.26. The van der Waals surface area contributed by atoms with Gasteiger partial charge < -0.3 is 10.4 Å². The van der Waals surface area contributed by atoms with Crippen molar-refractivity contribution in [2.45, 2.75) is 31.8 Å². The summed E-state index contributed by atoms with van der Waals surface area (Å²) in [5.74, 6) is 0.0129. The summed E-state index contributed by atoms with van der Waals surface area (Å²) in [6.45, 7) is 4.06. The molecule has 1 unspecified atom stereocenters. The topological polar surface area (TPSA) is 49.3 Å². The van der Waals surface area contributed by atoms with Crippen molar-refractivity contribution in [3.8, 4) is 0 Å². The van der Waals surface area contributed by atoms with Crippen LogP contribution in [0.3, 0.4) is 0 Å². The van der Waals surface area contributed by atoms with Gasteiger partial charge in [-0.3, -0.25) is 4.79 Å². The number of carbonyl (C=O) groups excluding carboxylic acids is 1. The van der Waals surface area contributed by atoms with E-state index in [2.05, 4.69) is 5.32 Å². The van der Waals surface area contributed by atoms with Crippen LogP contribution in [0.25, 0.3) is 0 Å². The smallest absolute Gasteiger partial charge is 0.228 e. The lowest BCUT2D eigenvalue weighted by molar-refractivity contribution is -0.115. The number of hydrogen-bond donors (Lipinski definition) is 2. The van der Waals surface area contributed by atoms with Gasteiger partial charge in [0.15, 0.2) is 0 Å². The molecule has 0 aromatic heterocycles. The van der Waals surface area contributed by atoms with E-state index in [0.29, 0.717) is 6.42 Å². The van der Waals surface area contributed by atoms with Gasteiger partial charge in [-0.1, -0.05) is 56.3 Å². The predicted molar refractivity (Wildman–Crippen MR) is 83.2 cm³/mol. The minimum absolute atomic E-state index is 0.0129. The Morgan fingerprint density at radius 1 is 1.14 bits per heavy atom. The molecular formula is C18H19NO2. The van der Waals surface area contributed by atoms with Gasteiger partial charge in [0.1, 0.15) is 0 Å². The largest absolute Gasteiger partial charge is 0.388 e. The summed E-state index contributed by atoms with van der Waals surface area (Å²) < 4.78 is 0. The van der Waals surface area contributed by atoms with Gasteiger partial charge in [0.2, 0.25) is 5.91 Å². The van der Waals surface area contributed by atoms with Crippen molar-refractivity contribution < 1.29 is 9.90 Å². The maximum atomic E-state index is 11.4. The van der Waals surface area contributed by atoms with Crippen molar-refractivity contribution >= 4 is 11.6 Å². The van der Waals surface area contributed by atoms with Crippen LogP contribution in [0.1, 0.15) is 36.6 Å². The molecule has 1 amide bonds. The molecule has 108 valence electrons. The highest BCUT2D eigenvalue weighted by Gasteiger charge is 2.31. The van der Waals surface area contributed by atoms with E-state index in [-0.39, 0.29) is 5.91 Å². The molecule has 1 aliphatic rings. The number of aliphatic hydroxyl groups is 1. The molecule has 0 radical (unpaired) electrons. The molecule has 2 N–H and O–H groups in total. The minimum atomic E-state index is -0.624. The van der Waals surface area contributed by atoms with Crippen LogP contribution in [0.5, 0.6) is 0 Å². The van der Waals surface area contributed by atoms with Crippen molar-refractivity contribution in [1.29, 1.82) is 0 Å². The number of carbonyl (C=O) groups is 1. The molecule has 0 aliphatic carbocycles. The van der Waals surface area contributed by atoms with E-state index in [9.17, 15) is 9.90 Å². The van der Waals surface area contributed by atoms with Crippen molar-refractivity contribution in [1.82, 2.24) is 0 Å². The fourth-order valence-electron chi connectivity index (χ4n) is 2.86. The maximum absolute atomic E-state index is 11.4. The number of hydrogen-bond acceptors (Lipinski definition) is 2. The lowest BCUT2D eigenvalue weighted by atomic mass is 9.76. The summed E-state index contributed by atoms with van der Waals surface area (Å²) in [6.07, 6.45) is -0.234. The zero-order chi connectivity index (χ0) is 15.0. The van der Waals surface area contributed by atoms with E-state index in [1.165, 1.54) is 0 Å². The van der Waals surface area contributed by atoms with Gasteiger partial charge in [-0.15, -0.1) is 0 Å². The van der Waals surface area contributed by atoms with Crippen LogP contribution in [0.4, 0.5) is 5.69 Å². The van der Waals surface area contributed by atoms with Gasteiger partial charge in [-0.2, -0.15) is 0 Å². The summed E-state index contributed by atoms with van der Waals surface area (Å²) in [5.41, 5.74) is 3.35. The summed E-state index contributed by atoms with van der Waals surface area (Å²) >= 11 is 0. The Hall–Kier alpha value is -2.13. The first-order valence-corrected chi connectivity index (χ1v) is 7.15. The van der Waals surface area contributed by atoms with Crippen LogP contribution in [0, 0.1) is 0 Å². The molecule has 1 aliphatic heterocycles. The molecule has 1 heterocycles. The zero-order valence-electron chi connectivity index (χ0n) is 12.3. The van der Waals surface area contributed by atoms with Crippen molar-refractivity contribution in [2.24, 2.45) is 0 Å². The quantitative estimate of drug-likeness (QED) is 0.907. The van der Waals surface area contributed by atoms with Gasteiger partial charge >= 0.3 is 0 Å². The zero-order valence-corrected chi connectivity index (χ0v) is 12.3. The summed E-state index contributed by atoms with van der Waals surface area (Å²) in [4.78, 5) is 11.4. The van der Waals surface area contributed by atoms with Gasteiger partial charge in [-0.05, 0) is 22.8 Å². The lowest BCUT2D eigenvalue weighted by Gasteiger charge is -2.31. The third-order valence-corrected chi connectivity index (χ3v) is 4.27. The highest BCUT2D eigenvalue weighted by atomic mass is 16.3. The fraction of sp³-hybridized carbons (Fsp3) is 0.278. The Morgan fingerprint density at radius 3 is 2.57 bits per heavy atom. The molecular weight excluding hydrogens is 262 g/mol. The first kappa shape index (κ1) is 13.8. The van der Waals surface area contributed by atoms with Crippen molar-refractivity contribution in [3.63, 3.8) is 0 Å². The SMILES string of the molecule is CC(C)(c1ccccc1)C(O)c1ccc2c(c1)CC(=O)N2. The highest BCUT2D eigenvalue weighted by molar-refractivity contribution is 5.99. The standard InChI is InChI=1S/C18H19NO2/c1-18(2,14-6-4-3-5-7-14)17(21)12-8-9-15-13(10-12)11-16(20)19-15/h3-10,17,21H,11H2,1-2H3,(H,19,20). The van der Waals surface area contributed by atoms with Crippen LogP contribution >= 0.6 is 0 Å². The molecule has 0 bridgehead atoms. The Morgan fingerprint density at radius 2 is 1.86 bits per heavy atom. The second-order valence-electron chi connectivity index (χ2n) is 6.13. The van der Waals surface area contributed by atoms with Gasteiger partial charge in [-0.25, -0.2) is 0 Å². The molecule has 0 saturated carbocycles. The molecule has 0 fully saturated rings. The summed E-state index contributed by atoms with van der Waals surface area (Å²) in [6, 6.07) is 15.7. The van der Waals surface area contributed by atoms with Crippen LogP contribution < -0.4 is 5.32 Å². The Bertz CT molecular complexity index is 677. The summed E-state index contributed by atoms with van der Waals surface area (Å²) in [7, 11) is 0. The van der Waals surface area contributed by atoms with Crippen LogP contribution in [-0.4, -0.2) is 11.0 Å². The number of nitrogens with one attached hydrogen (secondary N) is 1. The third-order valence-electron chi connectivity index (χ3n) is 4.27. The van der Waals surface area contributed by atoms with Crippen molar-refractivity contribution in [2.75, 3.05) is 5.32 Å². The molecule has 2 aromatic carbocycles. The molecule has 3 rings (SSSR count). The molecule has 2 aromatic rings. The number of fused-ring (bicyclic) bond motifs is 1. The fourth-order valence-corrected chi connectivity index (χ4v) is 2.86. The number of anilines is 1. The van der Waals surface area contributed by atoms with E-state index in [1.807, 2.05) is 62.4 Å². The molecule has 0 spiro atoms.